The molecule has 0 fully saturated rings. The maximum absolute atomic E-state index is 12.3. The van der Waals surface area contributed by atoms with E-state index in [0.29, 0.717) is 5.56 Å². The lowest BCUT2D eigenvalue weighted by Crippen LogP contribution is -2.29. The first-order valence-electron chi connectivity index (χ1n) is 4.38. The molecule has 0 aliphatic heterocycles. The fourth-order valence-electron chi connectivity index (χ4n) is 1.33. The molecular weight excluding hydrogens is 205 g/mol. The van der Waals surface area contributed by atoms with Gasteiger partial charge in [0.15, 0.2) is 0 Å². The quantitative estimate of drug-likeness (QED) is 0.711. The summed E-state index contributed by atoms with van der Waals surface area (Å²) in [6, 6.07) is 3.21. The Morgan fingerprint density at radius 3 is 2.00 bits per heavy atom. The molecule has 0 radical (unpaired) electrons. The summed E-state index contributed by atoms with van der Waals surface area (Å²) in [7, 11) is 0. The van der Waals surface area contributed by atoms with Crippen molar-refractivity contribution in [1.82, 2.24) is 0 Å². The van der Waals surface area contributed by atoms with Gasteiger partial charge >= 0.3 is 6.18 Å². The van der Waals surface area contributed by atoms with E-state index in [1.165, 1.54) is 6.07 Å². The Balaban J connectivity index is 3.21. The molecule has 0 atom stereocenters. The third-order valence-corrected chi connectivity index (χ3v) is 2.07. The predicted octanol–water partition coefficient (Wildman–Crippen LogP) is 2.48. The molecule has 5 heteroatoms. The van der Waals surface area contributed by atoms with E-state index in [0.717, 1.165) is 12.1 Å². The number of rotatable bonds is 1. The van der Waals surface area contributed by atoms with Gasteiger partial charge in [-0.1, -0.05) is 6.07 Å². The monoisotopic (exact) mass is 218 g/mol. The summed E-state index contributed by atoms with van der Waals surface area (Å²) in [4.78, 5) is 0. The Kier molecular flexibility index (Phi) is 2.69. The van der Waals surface area contributed by atoms with Gasteiger partial charge in [0.05, 0.1) is 5.56 Å². The van der Waals surface area contributed by atoms with Gasteiger partial charge in [0.2, 0.25) is 0 Å². The van der Waals surface area contributed by atoms with Gasteiger partial charge < -0.3 is 11.5 Å². The number of hydrogen-bond donors (Lipinski definition) is 2. The van der Waals surface area contributed by atoms with Crippen LogP contribution >= 0.6 is 0 Å². The Labute approximate surface area is 86.1 Å². The highest BCUT2D eigenvalue weighted by Gasteiger charge is 2.31. The van der Waals surface area contributed by atoms with E-state index < -0.39 is 17.3 Å². The molecule has 0 aliphatic carbocycles. The molecule has 0 bridgehead atoms. The molecule has 4 N–H and O–H groups in total. The molecule has 1 rings (SSSR count). The van der Waals surface area contributed by atoms with E-state index in [2.05, 4.69) is 0 Å². The Bertz CT molecular complexity index is 364. The van der Waals surface area contributed by atoms with Crippen LogP contribution in [0.1, 0.15) is 25.0 Å². The van der Waals surface area contributed by atoms with Gasteiger partial charge in [0.25, 0.3) is 0 Å². The van der Waals surface area contributed by atoms with E-state index in [9.17, 15) is 13.2 Å². The third kappa shape index (κ3) is 2.62. The number of hydrogen-bond acceptors (Lipinski definition) is 2. The fraction of sp³-hybridized carbons (Fsp3) is 0.400. The smallest absolute Gasteiger partial charge is 0.398 e. The average Bonchev–Trinajstić information content (AvgIpc) is 1.99. The molecule has 0 aromatic heterocycles. The van der Waals surface area contributed by atoms with Crippen LogP contribution in [0.2, 0.25) is 0 Å². The average molecular weight is 218 g/mol. The molecular formula is C10H13F3N2. The summed E-state index contributed by atoms with van der Waals surface area (Å²) in [5, 5.41) is 0. The molecule has 15 heavy (non-hydrogen) atoms. The first kappa shape index (κ1) is 11.8. The van der Waals surface area contributed by atoms with Crippen molar-refractivity contribution in [3.05, 3.63) is 29.3 Å². The van der Waals surface area contributed by atoms with Crippen molar-refractivity contribution in [3.8, 4) is 0 Å². The molecule has 2 nitrogen and oxygen atoms in total. The highest BCUT2D eigenvalue weighted by atomic mass is 19.4. The van der Waals surface area contributed by atoms with Gasteiger partial charge in [-0.2, -0.15) is 13.2 Å². The van der Waals surface area contributed by atoms with E-state index in [-0.39, 0.29) is 5.69 Å². The van der Waals surface area contributed by atoms with Crippen molar-refractivity contribution >= 4 is 5.69 Å². The van der Waals surface area contributed by atoms with Crippen LogP contribution < -0.4 is 11.5 Å². The summed E-state index contributed by atoms with van der Waals surface area (Å²) in [6.45, 7) is 3.37. The third-order valence-electron chi connectivity index (χ3n) is 2.07. The zero-order valence-corrected chi connectivity index (χ0v) is 8.52. The van der Waals surface area contributed by atoms with Gasteiger partial charge in [-0.15, -0.1) is 0 Å². The lowest BCUT2D eigenvalue weighted by atomic mass is 9.93. The molecule has 0 heterocycles. The minimum absolute atomic E-state index is 0.0670. The van der Waals surface area contributed by atoms with Crippen molar-refractivity contribution in [3.63, 3.8) is 0 Å². The van der Waals surface area contributed by atoms with E-state index in [1.54, 1.807) is 13.8 Å². The van der Waals surface area contributed by atoms with Crippen molar-refractivity contribution in [2.24, 2.45) is 5.73 Å². The van der Waals surface area contributed by atoms with Crippen molar-refractivity contribution in [1.29, 1.82) is 0 Å². The van der Waals surface area contributed by atoms with Crippen molar-refractivity contribution < 1.29 is 13.2 Å². The van der Waals surface area contributed by atoms with E-state index in [4.69, 9.17) is 11.5 Å². The summed E-state index contributed by atoms with van der Waals surface area (Å²) in [5.41, 5.74) is 10.4. The van der Waals surface area contributed by atoms with Crippen LogP contribution in [0.3, 0.4) is 0 Å². The maximum Gasteiger partial charge on any atom is 0.416 e. The first-order chi connectivity index (χ1) is 6.62. The Hall–Kier alpha value is -1.23. The van der Waals surface area contributed by atoms with Crippen molar-refractivity contribution in [2.45, 2.75) is 25.6 Å². The highest BCUT2D eigenvalue weighted by Crippen LogP contribution is 2.33. The lowest BCUT2D eigenvalue weighted by Gasteiger charge is -2.22. The van der Waals surface area contributed by atoms with Crippen LogP contribution in [0.15, 0.2) is 18.2 Å². The molecule has 84 valence electrons. The number of benzene rings is 1. The second-order valence-corrected chi connectivity index (χ2v) is 4.02. The standard InChI is InChI=1S/C10H13F3N2/c1-9(2,15)7-4-3-6(5-8(7)14)10(11,12)13/h3-5H,14-15H2,1-2H3. The molecule has 0 aliphatic rings. The van der Waals surface area contributed by atoms with Gasteiger partial charge in [-0.05, 0) is 31.5 Å². The summed E-state index contributed by atoms with van der Waals surface area (Å²) in [6.07, 6.45) is -4.37. The van der Waals surface area contributed by atoms with Crippen LogP contribution in [-0.2, 0) is 11.7 Å². The van der Waals surface area contributed by atoms with E-state index >= 15 is 0 Å². The van der Waals surface area contributed by atoms with Crippen LogP contribution in [0.4, 0.5) is 18.9 Å². The van der Waals surface area contributed by atoms with Crippen LogP contribution in [0.25, 0.3) is 0 Å². The summed E-state index contributed by atoms with van der Waals surface area (Å²) < 4.78 is 36.9. The molecule has 0 unspecified atom stereocenters. The minimum atomic E-state index is -4.37. The van der Waals surface area contributed by atoms with Gasteiger partial charge in [-0.3, -0.25) is 0 Å². The van der Waals surface area contributed by atoms with E-state index in [1.807, 2.05) is 0 Å². The molecule has 0 amide bonds. The second kappa shape index (κ2) is 3.41. The molecule has 1 aromatic carbocycles. The fourth-order valence-corrected chi connectivity index (χ4v) is 1.33. The highest BCUT2D eigenvalue weighted by molar-refractivity contribution is 5.52. The number of nitrogens with two attached hydrogens (primary N) is 2. The predicted molar refractivity (Wildman–Crippen MR) is 53.1 cm³/mol. The van der Waals surface area contributed by atoms with Gasteiger partial charge in [0.1, 0.15) is 0 Å². The largest absolute Gasteiger partial charge is 0.416 e. The Morgan fingerprint density at radius 1 is 1.13 bits per heavy atom. The maximum atomic E-state index is 12.3. The number of anilines is 1. The van der Waals surface area contributed by atoms with Crippen LogP contribution in [0.5, 0.6) is 0 Å². The molecule has 1 aromatic rings. The Morgan fingerprint density at radius 2 is 1.67 bits per heavy atom. The van der Waals surface area contributed by atoms with Crippen LogP contribution in [0, 0.1) is 0 Å². The SMILES string of the molecule is CC(C)(N)c1ccc(C(F)(F)F)cc1N. The zero-order valence-electron chi connectivity index (χ0n) is 8.52. The number of nitrogen functional groups attached to an aromatic ring is 1. The van der Waals surface area contributed by atoms with Gasteiger partial charge in [0, 0.05) is 11.2 Å². The zero-order chi connectivity index (χ0) is 11.9. The molecule has 0 spiro atoms. The van der Waals surface area contributed by atoms with Crippen LogP contribution in [-0.4, -0.2) is 0 Å². The lowest BCUT2D eigenvalue weighted by molar-refractivity contribution is -0.137. The second-order valence-electron chi connectivity index (χ2n) is 4.02. The van der Waals surface area contributed by atoms with Crippen molar-refractivity contribution in [2.75, 3.05) is 5.73 Å². The molecule has 0 saturated carbocycles. The topological polar surface area (TPSA) is 52.0 Å². The normalized spacial score (nSPS) is 12.9. The number of halogens is 3. The summed E-state index contributed by atoms with van der Waals surface area (Å²) in [5.74, 6) is 0. The first-order valence-corrected chi connectivity index (χ1v) is 4.38. The summed E-state index contributed by atoms with van der Waals surface area (Å²) >= 11 is 0. The number of alkyl halides is 3. The molecule has 0 saturated heterocycles. The van der Waals surface area contributed by atoms with Gasteiger partial charge in [-0.25, -0.2) is 0 Å². The minimum Gasteiger partial charge on any atom is -0.398 e.